The number of fused-ring (bicyclic) bond motifs is 7. The Hall–Kier alpha value is -3.83. The van der Waals surface area contributed by atoms with Crippen LogP contribution in [0, 0.1) is 5.82 Å². The van der Waals surface area contributed by atoms with E-state index in [0.29, 0.717) is 48.9 Å². The molecule has 5 aliphatic rings. The number of pyridine rings is 1. The summed E-state index contributed by atoms with van der Waals surface area (Å²) >= 11 is 0. The fraction of sp³-hybridized carbons (Fsp3) is 0.485. The number of halogens is 2. The summed E-state index contributed by atoms with van der Waals surface area (Å²) in [6, 6.07) is 11.2. The summed E-state index contributed by atoms with van der Waals surface area (Å²) in [5.41, 5.74) is 0.167. The van der Waals surface area contributed by atoms with Crippen molar-refractivity contribution in [2.75, 3.05) is 37.7 Å². The van der Waals surface area contributed by atoms with Gasteiger partial charge in [-0.15, -0.1) is 0 Å². The molecule has 2 bridgehead atoms. The predicted molar refractivity (Wildman–Crippen MR) is 162 cm³/mol. The highest BCUT2D eigenvalue weighted by molar-refractivity contribution is 6.02. The molecule has 9 rings (SSSR count). The number of phenolic OH excluding ortho intramolecular Hbond substituents is 1. The highest BCUT2D eigenvalue weighted by Gasteiger charge is 2.49. The third-order valence-corrected chi connectivity index (χ3v) is 10.5. The van der Waals surface area contributed by atoms with Crippen LogP contribution in [0.4, 0.5) is 14.6 Å². The second kappa shape index (κ2) is 9.84. The molecule has 2 aromatic heterocycles. The van der Waals surface area contributed by atoms with E-state index in [4.69, 9.17) is 19.4 Å². The lowest BCUT2D eigenvalue weighted by atomic mass is 9.88. The fourth-order valence-electron chi connectivity index (χ4n) is 8.50. The van der Waals surface area contributed by atoms with Gasteiger partial charge in [-0.05, 0) is 55.1 Å². The van der Waals surface area contributed by atoms with Crippen LogP contribution >= 0.6 is 0 Å². The van der Waals surface area contributed by atoms with Crippen LogP contribution in [-0.2, 0) is 0 Å². The molecule has 0 saturated carbocycles. The van der Waals surface area contributed by atoms with Gasteiger partial charge in [-0.3, -0.25) is 4.90 Å². The Morgan fingerprint density at radius 2 is 2.02 bits per heavy atom. The minimum absolute atomic E-state index is 0.0118. The number of alkyl halides is 1. The lowest BCUT2D eigenvalue weighted by Crippen LogP contribution is -2.65. The van der Waals surface area contributed by atoms with E-state index in [2.05, 4.69) is 20.1 Å². The number of hydrogen-bond acceptors (Lipinski definition) is 9. The highest BCUT2D eigenvalue weighted by atomic mass is 19.1. The van der Waals surface area contributed by atoms with E-state index in [9.17, 15) is 9.50 Å². The van der Waals surface area contributed by atoms with Crippen molar-refractivity contribution in [1.29, 1.82) is 0 Å². The zero-order chi connectivity index (χ0) is 29.6. The molecular weight excluding hydrogens is 566 g/mol. The molecule has 11 heteroatoms. The Bertz CT molecular complexity index is 1810. The van der Waals surface area contributed by atoms with E-state index in [1.165, 1.54) is 6.07 Å². The molecule has 2 aromatic carbocycles. The molecule has 7 heterocycles. The van der Waals surface area contributed by atoms with Crippen molar-refractivity contribution in [3.05, 3.63) is 42.2 Å². The third-order valence-electron chi connectivity index (χ3n) is 10.5. The third kappa shape index (κ3) is 4.05. The lowest BCUT2D eigenvalue weighted by Gasteiger charge is -2.48. The zero-order valence-electron chi connectivity index (χ0n) is 24.3. The molecular formula is C33H34F2N6O3. The lowest BCUT2D eigenvalue weighted by molar-refractivity contribution is 0.107. The Morgan fingerprint density at radius 3 is 2.95 bits per heavy atom. The number of nitrogens with one attached hydrogen (secondary N) is 1. The van der Waals surface area contributed by atoms with Gasteiger partial charge in [0.2, 0.25) is 5.88 Å². The SMILES string of the molecule is Oc1cc(-c2nc3c4c(nc(OC[C@@]56CCCN5C[C@H](F)C6)nc4c2F)N2C[C@@H]4CCC[C@@H](N4)[C@H]2CO3)c2ccccc2c1. The van der Waals surface area contributed by atoms with Gasteiger partial charge in [-0.2, -0.15) is 9.97 Å². The number of aromatic nitrogens is 3. The summed E-state index contributed by atoms with van der Waals surface area (Å²) in [7, 11) is 0. The van der Waals surface area contributed by atoms with Crippen molar-refractivity contribution < 1.29 is 23.4 Å². The van der Waals surface area contributed by atoms with Gasteiger partial charge < -0.3 is 24.8 Å². The first-order valence-electron chi connectivity index (χ1n) is 15.8. The number of piperidine rings is 1. The number of benzene rings is 2. The first kappa shape index (κ1) is 26.6. The van der Waals surface area contributed by atoms with Crippen LogP contribution in [0.15, 0.2) is 36.4 Å². The van der Waals surface area contributed by atoms with Crippen molar-refractivity contribution in [2.24, 2.45) is 0 Å². The van der Waals surface area contributed by atoms with Crippen LogP contribution in [-0.4, -0.2) is 87.6 Å². The van der Waals surface area contributed by atoms with E-state index >= 15 is 4.39 Å². The summed E-state index contributed by atoms with van der Waals surface area (Å²) in [6.07, 6.45) is 4.59. The van der Waals surface area contributed by atoms with Crippen molar-refractivity contribution in [3.63, 3.8) is 0 Å². The van der Waals surface area contributed by atoms with Crippen LogP contribution in [0.1, 0.15) is 38.5 Å². The summed E-state index contributed by atoms with van der Waals surface area (Å²) in [4.78, 5) is 18.8. The van der Waals surface area contributed by atoms with E-state index < -0.39 is 17.5 Å². The minimum atomic E-state index is -0.884. The zero-order valence-corrected chi connectivity index (χ0v) is 24.3. The number of ether oxygens (including phenoxy) is 2. The monoisotopic (exact) mass is 600 g/mol. The molecule has 2 N–H and O–H groups in total. The molecule has 0 aliphatic carbocycles. The first-order chi connectivity index (χ1) is 21.5. The van der Waals surface area contributed by atoms with E-state index in [1.807, 2.05) is 24.3 Å². The molecule has 5 aliphatic heterocycles. The van der Waals surface area contributed by atoms with Crippen molar-refractivity contribution in [1.82, 2.24) is 25.2 Å². The van der Waals surface area contributed by atoms with Gasteiger partial charge in [-0.25, -0.2) is 13.8 Å². The van der Waals surface area contributed by atoms with Gasteiger partial charge in [0, 0.05) is 37.2 Å². The van der Waals surface area contributed by atoms with Crippen molar-refractivity contribution >= 4 is 27.5 Å². The average Bonchev–Trinajstić information content (AvgIpc) is 3.50. The molecule has 5 atom stereocenters. The molecule has 4 fully saturated rings. The average molecular weight is 601 g/mol. The molecule has 0 radical (unpaired) electrons. The Balaban J connectivity index is 1.22. The van der Waals surface area contributed by atoms with Crippen LogP contribution in [0.25, 0.3) is 32.9 Å². The maximum atomic E-state index is 16.9. The Labute approximate surface area is 253 Å². The Morgan fingerprint density at radius 1 is 1.11 bits per heavy atom. The number of piperazine rings is 1. The quantitative estimate of drug-likeness (QED) is 0.345. The largest absolute Gasteiger partial charge is 0.508 e. The molecule has 0 amide bonds. The summed E-state index contributed by atoms with van der Waals surface area (Å²) in [5, 5.41) is 16.3. The number of phenols is 1. The molecule has 4 saturated heterocycles. The van der Waals surface area contributed by atoms with Gasteiger partial charge in [0.15, 0.2) is 5.82 Å². The second-order valence-electron chi connectivity index (χ2n) is 13.1. The van der Waals surface area contributed by atoms with E-state index in [0.717, 1.165) is 49.4 Å². The predicted octanol–water partition coefficient (Wildman–Crippen LogP) is 4.74. The number of hydrogen-bond donors (Lipinski definition) is 2. The van der Waals surface area contributed by atoms with Crippen molar-refractivity contribution in [2.45, 2.75) is 68.4 Å². The summed E-state index contributed by atoms with van der Waals surface area (Å²) in [6.45, 7) is 2.58. The van der Waals surface area contributed by atoms with Gasteiger partial charge in [0.25, 0.3) is 0 Å². The molecule has 4 aromatic rings. The van der Waals surface area contributed by atoms with Crippen LogP contribution in [0.5, 0.6) is 17.6 Å². The molecule has 0 spiro atoms. The smallest absolute Gasteiger partial charge is 0.319 e. The van der Waals surface area contributed by atoms with Crippen LogP contribution in [0.3, 0.4) is 0 Å². The molecule has 0 unspecified atom stereocenters. The maximum absolute atomic E-state index is 16.9. The molecule has 228 valence electrons. The van der Waals surface area contributed by atoms with E-state index in [1.54, 1.807) is 6.07 Å². The number of nitrogens with zero attached hydrogens (tertiary/aromatic N) is 5. The molecule has 44 heavy (non-hydrogen) atoms. The number of aromatic hydroxyl groups is 1. The van der Waals surface area contributed by atoms with Gasteiger partial charge in [0.1, 0.15) is 47.5 Å². The highest BCUT2D eigenvalue weighted by Crippen LogP contribution is 2.45. The van der Waals surface area contributed by atoms with Gasteiger partial charge in [-0.1, -0.05) is 30.7 Å². The standard InChI is InChI=1S/C33H34F2N6O3/c34-19-13-33(9-4-10-40(33)14-19)17-44-32-38-29-26-30(39-32)41-15-20-6-3-8-24(36-20)25(41)16-43-31(26)37-28(27(29)35)23-12-21(42)11-18-5-1-2-7-22(18)23/h1-2,5,7,11-12,19-20,24-25,36,42H,3-4,6,8-10,13-17H2/t19-,20+,24-,25-,33+/m1/s1. The van der Waals surface area contributed by atoms with E-state index in [-0.39, 0.29) is 47.5 Å². The fourth-order valence-corrected chi connectivity index (χ4v) is 8.50. The minimum Gasteiger partial charge on any atom is -0.508 e. The maximum Gasteiger partial charge on any atom is 0.319 e. The first-order valence-corrected chi connectivity index (χ1v) is 15.8. The number of anilines is 1. The summed E-state index contributed by atoms with van der Waals surface area (Å²) < 4.78 is 44.1. The Kier molecular flexibility index (Phi) is 5.94. The van der Waals surface area contributed by atoms with Gasteiger partial charge in [0.05, 0.1) is 11.6 Å². The second-order valence-corrected chi connectivity index (χ2v) is 13.1. The van der Waals surface area contributed by atoms with Crippen molar-refractivity contribution in [3.8, 4) is 28.9 Å². The normalized spacial score (nSPS) is 29.4. The summed E-state index contributed by atoms with van der Waals surface area (Å²) in [5.74, 6) is 0.217. The van der Waals surface area contributed by atoms with Crippen LogP contribution < -0.4 is 19.7 Å². The van der Waals surface area contributed by atoms with Gasteiger partial charge >= 0.3 is 6.01 Å². The molecule has 9 nitrogen and oxygen atoms in total. The van der Waals surface area contributed by atoms with Crippen LogP contribution in [0.2, 0.25) is 0 Å². The topological polar surface area (TPSA) is 95.9 Å². The number of rotatable bonds is 4.